The Labute approximate surface area is 128 Å². The summed E-state index contributed by atoms with van der Waals surface area (Å²) in [6.45, 7) is 8.64. The maximum Gasteiger partial charge on any atom is 0.180 e. The second-order valence-corrected chi connectivity index (χ2v) is 7.24. The second-order valence-electron chi connectivity index (χ2n) is 6.35. The first-order valence-corrected chi connectivity index (χ1v) is 7.86. The summed E-state index contributed by atoms with van der Waals surface area (Å²) < 4.78 is 0. The predicted octanol–water partition coefficient (Wildman–Crippen LogP) is 4.55. The van der Waals surface area contributed by atoms with E-state index < -0.39 is 0 Å². The van der Waals surface area contributed by atoms with Crippen molar-refractivity contribution in [3.63, 3.8) is 0 Å². The Morgan fingerprint density at radius 1 is 1.14 bits per heavy atom. The fraction of sp³-hybridized carbons (Fsp3) is 0.294. The highest BCUT2D eigenvalue weighted by molar-refractivity contribution is 7.13. The molecule has 3 rings (SSSR count). The molecule has 1 aromatic carbocycles. The Bertz CT molecular complexity index is 813. The number of hydrogen-bond acceptors (Lipinski definition) is 4. The van der Waals surface area contributed by atoms with E-state index in [1.165, 1.54) is 16.9 Å². The van der Waals surface area contributed by atoms with Crippen molar-refractivity contribution in [3.05, 3.63) is 40.9 Å². The molecule has 0 saturated carbocycles. The van der Waals surface area contributed by atoms with E-state index in [-0.39, 0.29) is 5.41 Å². The third-order valence-electron chi connectivity index (χ3n) is 3.61. The monoisotopic (exact) mass is 297 g/mol. The number of hydrogen-bond donors (Lipinski definition) is 1. The zero-order valence-corrected chi connectivity index (χ0v) is 13.6. The molecule has 0 amide bonds. The molecule has 3 aromatic rings. The van der Waals surface area contributed by atoms with Gasteiger partial charge in [-0.25, -0.2) is 4.98 Å². The number of benzene rings is 1. The molecule has 0 unspecified atom stereocenters. The summed E-state index contributed by atoms with van der Waals surface area (Å²) in [6.07, 6.45) is 0. The number of rotatable bonds is 1. The third-order valence-corrected chi connectivity index (χ3v) is 4.28. The molecule has 0 spiro atoms. The Morgan fingerprint density at radius 3 is 2.52 bits per heavy atom. The van der Waals surface area contributed by atoms with Crippen LogP contribution in [0, 0.1) is 6.92 Å². The van der Waals surface area contributed by atoms with Crippen LogP contribution >= 0.6 is 11.3 Å². The Hall–Kier alpha value is -1.94. The van der Waals surface area contributed by atoms with Crippen LogP contribution in [0.15, 0.2) is 29.6 Å². The molecule has 0 atom stereocenters. The number of nitrogens with two attached hydrogens (primary N) is 1. The molecular weight excluding hydrogens is 278 g/mol. The zero-order chi connectivity index (χ0) is 15.2. The van der Waals surface area contributed by atoms with Crippen molar-refractivity contribution >= 4 is 27.4 Å². The fourth-order valence-electron chi connectivity index (χ4n) is 2.40. The van der Waals surface area contributed by atoms with Crippen molar-refractivity contribution in [2.24, 2.45) is 0 Å². The molecule has 0 aliphatic heterocycles. The smallest absolute Gasteiger partial charge is 0.180 e. The molecule has 2 N–H and O–H groups in total. The summed E-state index contributed by atoms with van der Waals surface area (Å²) in [5.41, 5.74) is 11.1. The van der Waals surface area contributed by atoms with Crippen molar-refractivity contribution in [1.29, 1.82) is 0 Å². The highest BCUT2D eigenvalue weighted by Crippen LogP contribution is 2.34. The van der Waals surface area contributed by atoms with Crippen LogP contribution < -0.4 is 5.73 Å². The van der Waals surface area contributed by atoms with Crippen LogP contribution in [-0.2, 0) is 5.41 Å². The van der Waals surface area contributed by atoms with Gasteiger partial charge in [0.25, 0.3) is 0 Å². The maximum absolute atomic E-state index is 5.81. The van der Waals surface area contributed by atoms with Crippen molar-refractivity contribution in [3.8, 4) is 11.3 Å². The molecule has 0 fully saturated rings. The van der Waals surface area contributed by atoms with Gasteiger partial charge in [-0.1, -0.05) is 39.0 Å². The number of aromatic nitrogens is 2. The molecular formula is C17H19N3S. The zero-order valence-electron chi connectivity index (χ0n) is 12.8. The molecule has 0 aliphatic rings. The number of para-hydroxylation sites is 1. The average molecular weight is 297 g/mol. The maximum atomic E-state index is 5.81. The first-order chi connectivity index (χ1) is 9.86. The number of pyridine rings is 1. The van der Waals surface area contributed by atoms with Crippen LogP contribution in [-0.4, -0.2) is 9.97 Å². The van der Waals surface area contributed by atoms with E-state index in [1.807, 2.05) is 5.38 Å². The summed E-state index contributed by atoms with van der Waals surface area (Å²) in [4.78, 5) is 9.34. The van der Waals surface area contributed by atoms with Crippen LogP contribution in [0.5, 0.6) is 0 Å². The van der Waals surface area contributed by atoms with E-state index in [1.54, 1.807) is 0 Å². The van der Waals surface area contributed by atoms with Crippen molar-refractivity contribution in [1.82, 2.24) is 9.97 Å². The minimum atomic E-state index is -0.00716. The number of nitrogens with zero attached hydrogens (tertiary/aromatic N) is 2. The van der Waals surface area contributed by atoms with Gasteiger partial charge in [-0.2, -0.15) is 0 Å². The summed E-state index contributed by atoms with van der Waals surface area (Å²) in [5, 5.41) is 3.74. The number of aryl methyl sites for hydroxylation is 1. The lowest BCUT2D eigenvalue weighted by Gasteiger charge is -2.20. The largest absolute Gasteiger partial charge is 0.375 e. The summed E-state index contributed by atoms with van der Waals surface area (Å²) in [7, 11) is 0. The van der Waals surface area contributed by atoms with Crippen molar-refractivity contribution in [2.45, 2.75) is 33.1 Å². The van der Waals surface area contributed by atoms with Gasteiger partial charge in [0, 0.05) is 27.4 Å². The van der Waals surface area contributed by atoms with E-state index in [9.17, 15) is 0 Å². The van der Waals surface area contributed by atoms with E-state index in [2.05, 4.69) is 56.9 Å². The average Bonchev–Trinajstić information content (AvgIpc) is 2.83. The summed E-state index contributed by atoms with van der Waals surface area (Å²) in [5.74, 6) is 0. The van der Waals surface area contributed by atoms with Crippen LogP contribution in [0.2, 0.25) is 0 Å². The highest BCUT2D eigenvalue weighted by atomic mass is 32.1. The molecule has 3 nitrogen and oxygen atoms in total. The van der Waals surface area contributed by atoms with Crippen LogP contribution in [0.4, 0.5) is 5.13 Å². The molecule has 21 heavy (non-hydrogen) atoms. The molecule has 0 radical (unpaired) electrons. The SMILES string of the molecule is Cc1cccc2c(-c3csc(N)n3)cc(C(C)(C)C)nc12. The topological polar surface area (TPSA) is 51.8 Å². The molecule has 4 heteroatoms. The lowest BCUT2D eigenvalue weighted by molar-refractivity contribution is 0.571. The van der Waals surface area contributed by atoms with Gasteiger partial charge in [-0.05, 0) is 18.6 Å². The molecule has 108 valence electrons. The van der Waals surface area contributed by atoms with Crippen LogP contribution in [0.1, 0.15) is 32.0 Å². The standard InChI is InChI=1S/C17H19N3S/c1-10-6-5-7-11-12(13-9-21-16(18)19-13)8-14(17(2,3)4)20-15(10)11/h5-9H,1-4H3,(H2,18,19). The summed E-state index contributed by atoms with van der Waals surface area (Å²) in [6, 6.07) is 8.42. The second kappa shape index (κ2) is 4.81. The fourth-order valence-corrected chi connectivity index (χ4v) is 2.96. The first-order valence-electron chi connectivity index (χ1n) is 6.98. The van der Waals surface area contributed by atoms with Crippen molar-refractivity contribution in [2.75, 3.05) is 5.73 Å². The van der Waals surface area contributed by atoms with E-state index in [0.29, 0.717) is 5.13 Å². The van der Waals surface area contributed by atoms with E-state index >= 15 is 0 Å². The van der Waals surface area contributed by atoms with Gasteiger partial charge in [-0.3, -0.25) is 4.98 Å². The summed E-state index contributed by atoms with van der Waals surface area (Å²) >= 11 is 1.47. The third kappa shape index (κ3) is 2.51. The minimum Gasteiger partial charge on any atom is -0.375 e. The molecule has 2 heterocycles. The Kier molecular flexibility index (Phi) is 3.21. The molecule has 0 aliphatic carbocycles. The van der Waals surface area contributed by atoms with Crippen LogP contribution in [0.25, 0.3) is 22.2 Å². The number of fused-ring (bicyclic) bond motifs is 1. The minimum absolute atomic E-state index is 0.00716. The van der Waals surface area contributed by atoms with Gasteiger partial charge < -0.3 is 5.73 Å². The lowest BCUT2D eigenvalue weighted by Crippen LogP contribution is -2.14. The quantitative estimate of drug-likeness (QED) is 0.717. The normalized spacial score (nSPS) is 12.0. The van der Waals surface area contributed by atoms with Gasteiger partial charge in [0.1, 0.15) is 0 Å². The lowest BCUT2D eigenvalue weighted by atomic mass is 9.89. The van der Waals surface area contributed by atoms with E-state index in [4.69, 9.17) is 10.7 Å². The van der Waals surface area contributed by atoms with Gasteiger partial charge in [-0.15, -0.1) is 11.3 Å². The molecule has 0 bridgehead atoms. The highest BCUT2D eigenvalue weighted by Gasteiger charge is 2.19. The predicted molar refractivity (Wildman–Crippen MR) is 90.7 cm³/mol. The van der Waals surface area contributed by atoms with Gasteiger partial charge in [0.2, 0.25) is 0 Å². The van der Waals surface area contributed by atoms with Crippen LogP contribution in [0.3, 0.4) is 0 Å². The number of anilines is 1. The molecule has 0 saturated heterocycles. The molecule has 2 aromatic heterocycles. The first kappa shape index (κ1) is 14.0. The number of nitrogen functional groups attached to an aromatic ring is 1. The number of thiazole rings is 1. The van der Waals surface area contributed by atoms with Gasteiger partial charge >= 0.3 is 0 Å². The van der Waals surface area contributed by atoms with Crippen molar-refractivity contribution < 1.29 is 0 Å². The Morgan fingerprint density at radius 2 is 1.90 bits per heavy atom. The van der Waals surface area contributed by atoms with E-state index in [0.717, 1.165) is 27.9 Å². The Balaban J connectivity index is 2.38. The van der Waals surface area contributed by atoms with Gasteiger partial charge in [0.05, 0.1) is 11.2 Å². The van der Waals surface area contributed by atoms with Gasteiger partial charge in [0.15, 0.2) is 5.13 Å².